The summed E-state index contributed by atoms with van der Waals surface area (Å²) in [6, 6.07) is 10.7. The fraction of sp³-hybridized carbons (Fsp3) is 0.300. The molecule has 0 aliphatic heterocycles. The molecule has 128 valence electrons. The first-order valence-corrected chi connectivity index (χ1v) is 10.3. The Labute approximate surface area is 155 Å². The van der Waals surface area contributed by atoms with Crippen LogP contribution in [0, 0.1) is 6.92 Å². The number of thiophene rings is 1. The van der Waals surface area contributed by atoms with Crippen LogP contribution in [0.2, 0.25) is 0 Å². The highest BCUT2D eigenvalue weighted by Crippen LogP contribution is 2.30. The Morgan fingerprint density at radius 1 is 1.16 bits per heavy atom. The Morgan fingerprint density at radius 3 is 2.72 bits per heavy atom. The van der Waals surface area contributed by atoms with Crippen LogP contribution in [0.1, 0.15) is 55.8 Å². The molecule has 1 unspecified atom stereocenters. The Hall–Kier alpha value is -1.98. The minimum Gasteiger partial charge on any atom is -0.340 e. The summed E-state index contributed by atoms with van der Waals surface area (Å²) in [5.74, 6) is -0.0453. The molecular formula is C20H20N2OS2. The summed E-state index contributed by atoms with van der Waals surface area (Å²) < 4.78 is 0. The van der Waals surface area contributed by atoms with Crippen molar-refractivity contribution in [3.8, 4) is 0 Å². The van der Waals surface area contributed by atoms with Gasteiger partial charge in [-0.25, -0.2) is 4.98 Å². The van der Waals surface area contributed by atoms with Gasteiger partial charge in [-0.1, -0.05) is 24.3 Å². The molecule has 1 amide bonds. The zero-order valence-electron chi connectivity index (χ0n) is 14.1. The molecule has 1 aromatic carbocycles. The topological polar surface area (TPSA) is 42.0 Å². The van der Waals surface area contributed by atoms with Gasteiger partial charge in [0.2, 0.25) is 0 Å². The van der Waals surface area contributed by atoms with Gasteiger partial charge in [0.25, 0.3) is 5.91 Å². The first-order valence-electron chi connectivity index (χ1n) is 8.58. The number of hydrogen-bond donors (Lipinski definition) is 1. The lowest BCUT2D eigenvalue weighted by atomic mass is 9.89. The van der Waals surface area contributed by atoms with Crippen LogP contribution in [-0.4, -0.2) is 10.9 Å². The van der Waals surface area contributed by atoms with Gasteiger partial charge in [0.1, 0.15) is 4.88 Å². The second-order valence-electron chi connectivity index (χ2n) is 6.42. The van der Waals surface area contributed by atoms with Gasteiger partial charge in [-0.05, 0) is 60.7 Å². The molecule has 0 bridgehead atoms. The van der Waals surface area contributed by atoms with Crippen LogP contribution in [-0.2, 0) is 12.8 Å². The normalized spacial score (nSPS) is 14.8. The maximum Gasteiger partial charge on any atom is 0.264 e. The van der Waals surface area contributed by atoms with Crippen molar-refractivity contribution in [3.63, 3.8) is 0 Å². The molecule has 3 aromatic rings. The van der Waals surface area contributed by atoms with Crippen molar-refractivity contribution in [1.82, 2.24) is 10.3 Å². The van der Waals surface area contributed by atoms with Crippen molar-refractivity contribution in [2.24, 2.45) is 0 Å². The lowest BCUT2D eigenvalue weighted by molar-refractivity contribution is 0.0947. The lowest BCUT2D eigenvalue weighted by Crippen LogP contribution is -2.29. The highest BCUT2D eigenvalue weighted by Gasteiger charge is 2.22. The number of amides is 1. The van der Waals surface area contributed by atoms with E-state index in [1.807, 2.05) is 13.0 Å². The minimum absolute atomic E-state index is 0.0453. The Kier molecular flexibility index (Phi) is 4.68. The number of carbonyl (C=O) groups is 1. The second-order valence-corrected chi connectivity index (χ2v) is 8.26. The number of benzene rings is 1. The summed E-state index contributed by atoms with van der Waals surface area (Å²) in [5, 5.41) is 5.29. The molecule has 3 nitrogen and oxygen atoms in total. The van der Waals surface area contributed by atoms with Gasteiger partial charge < -0.3 is 5.32 Å². The molecule has 0 fully saturated rings. The fourth-order valence-corrected chi connectivity index (χ4v) is 4.93. The molecule has 1 aliphatic carbocycles. The largest absolute Gasteiger partial charge is 0.340 e. The van der Waals surface area contributed by atoms with E-state index in [0.29, 0.717) is 4.88 Å². The van der Waals surface area contributed by atoms with Gasteiger partial charge in [-0.2, -0.15) is 0 Å². The number of hydrogen-bond acceptors (Lipinski definition) is 4. The van der Waals surface area contributed by atoms with Gasteiger partial charge in [0, 0.05) is 4.88 Å². The Morgan fingerprint density at radius 2 is 2.00 bits per heavy atom. The van der Waals surface area contributed by atoms with Gasteiger partial charge in [-0.3, -0.25) is 4.79 Å². The first-order chi connectivity index (χ1) is 12.2. The third kappa shape index (κ3) is 3.39. The highest BCUT2D eigenvalue weighted by molar-refractivity contribution is 7.12. The second kappa shape index (κ2) is 7.10. The first kappa shape index (κ1) is 16.5. The molecule has 1 aliphatic rings. The zero-order chi connectivity index (χ0) is 17.2. The molecule has 0 spiro atoms. The lowest BCUT2D eigenvalue weighted by Gasteiger charge is -2.22. The number of nitrogens with zero attached hydrogens (tertiary/aromatic N) is 1. The van der Waals surface area contributed by atoms with Crippen LogP contribution >= 0.6 is 22.7 Å². The monoisotopic (exact) mass is 368 g/mol. The number of nitrogens with one attached hydrogen (secondary N) is 1. The predicted molar refractivity (Wildman–Crippen MR) is 104 cm³/mol. The third-order valence-corrected chi connectivity index (χ3v) is 6.63. The number of aromatic nitrogens is 1. The molecule has 25 heavy (non-hydrogen) atoms. The van der Waals surface area contributed by atoms with E-state index < -0.39 is 0 Å². The van der Waals surface area contributed by atoms with Crippen LogP contribution in [0.25, 0.3) is 0 Å². The average molecular weight is 369 g/mol. The molecule has 2 aromatic heterocycles. The van der Waals surface area contributed by atoms with Crippen LogP contribution in [0.3, 0.4) is 0 Å². The summed E-state index contributed by atoms with van der Waals surface area (Å²) in [4.78, 5) is 18.8. The number of aryl methyl sites for hydroxylation is 3. The molecule has 1 atom stereocenters. The van der Waals surface area contributed by atoms with Crippen LogP contribution in [0.5, 0.6) is 0 Å². The van der Waals surface area contributed by atoms with Crippen molar-refractivity contribution >= 4 is 28.6 Å². The van der Waals surface area contributed by atoms with Crippen molar-refractivity contribution in [2.45, 2.75) is 38.6 Å². The summed E-state index contributed by atoms with van der Waals surface area (Å²) in [5.41, 5.74) is 6.58. The number of fused-ring (bicyclic) bond motifs is 1. The molecule has 0 radical (unpaired) electrons. The number of carbonyl (C=O) groups excluding carboxylic acids is 1. The van der Waals surface area contributed by atoms with Gasteiger partial charge in [0.05, 0.1) is 17.2 Å². The SMILES string of the molecule is Cc1ncsc1C(=O)NC(c1ccc2c(c1)CCCC2)c1cccs1. The van der Waals surface area contributed by atoms with Crippen LogP contribution < -0.4 is 5.32 Å². The van der Waals surface area contributed by atoms with Crippen molar-refractivity contribution < 1.29 is 4.79 Å². The maximum atomic E-state index is 12.8. The van der Waals surface area contributed by atoms with Gasteiger partial charge >= 0.3 is 0 Å². The Bertz CT molecular complexity index is 883. The molecule has 5 heteroatoms. The molecule has 0 saturated carbocycles. The predicted octanol–water partition coefficient (Wildman–Crippen LogP) is 4.91. The van der Waals surface area contributed by atoms with E-state index in [1.54, 1.807) is 16.8 Å². The Balaban J connectivity index is 1.67. The molecule has 2 heterocycles. The van der Waals surface area contributed by atoms with E-state index in [9.17, 15) is 4.79 Å². The highest BCUT2D eigenvalue weighted by atomic mass is 32.1. The van der Waals surface area contributed by atoms with E-state index in [2.05, 4.69) is 39.9 Å². The van der Waals surface area contributed by atoms with E-state index >= 15 is 0 Å². The molecule has 4 rings (SSSR count). The van der Waals surface area contributed by atoms with E-state index in [1.165, 1.54) is 47.3 Å². The minimum atomic E-state index is -0.110. The van der Waals surface area contributed by atoms with Crippen LogP contribution in [0.15, 0.2) is 41.2 Å². The standard InChI is InChI=1S/C20H20N2OS2/c1-13-19(25-12-21-13)20(23)22-18(17-7-4-10-24-17)16-9-8-14-5-2-3-6-15(14)11-16/h4,7-12,18H,2-3,5-6H2,1H3,(H,22,23). The third-order valence-electron chi connectivity index (χ3n) is 4.76. The molecule has 1 N–H and O–H groups in total. The van der Waals surface area contributed by atoms with Crippen molar-refractivity contribution in [3.05, 3.63) is 73.4 Å². The quantitative estimate of drug-likeness (QED) is 0.711. The van der Waals surface area contributed by atoms with Crippen molar-refractivity contribution in [2.75, 3.05) is 0 Å². The smallest absolute Gasteiger partial charge is 0.264 e. The summed E-state index contributed by atoms with van der Waals surface area (Å²) in [6.45, 7) is 1.88. The van der Waals surface area contributed by atoms with Gasteiger partial charge in [0.15, 0.2) is 0 Å². The van der Waals surface area contributed by atoms with Crippen molar-refractivity contribution in [1.29, 1.82) is 0 Å². The van der Waals surface area contributed by atoms with Gasteiger partial charge in [-0.15, -0.1) is 22.7 Å². The summed E-state index contributed by atoms with van der Waals surface area (Å²) in [7, 11) is 0. The number of thiazole rings is 1. The van der Waals surface area contributed by atoms with Crippen LogP contribution in [0.4, 0.5) is 0 Å². The average Bonchev–Trinajstić information content (AvgIpc) is 3.31. The summed E-state index contributed by atoms with van der Waals surface area (Å²) in [6.07, 6.45) is 4.85. The molecular weight excluding hydrogens is 348 g/mol. The number of rotatable bonds is 4. The van der Waals surface area contributed by atoms with E-state index in [-0.39, 0.29) is 11.9 Å². The zero-order valence-corrected chi connectivity index (χ0v) is 15.8. The van der Waals surface area contributed by atoms with E-state index in [0.717, 1.165) is 17.0 Å². The maximum absolute atomic E-state index is 12.8. The van der Waals surface area contributed by atoms with E-state index in [4.69, 9.17) is 0 Å². The molecule has 0 saturated heterocycles. The fourth-order valence-electron chi connectivity index (χ4n) is 3.42. The summed E-state index contributed by atoms with van der Waals surface area (Å²) >= 11 is 3.07.